The second-order valence-corrected chi connectivity index (χ2v) is 7.26. The van der Waals surface area contributed by atoms with Gasteiger partial charge in [0.2, 0.25) is 5.91 Å². The molecule has 4 heteroatoms. The van der Waals surface area contributed by atoms with Gasteiger partial charge >= 0.3 is 0 Å². The van der Waals surface area contributed by atoms with Gasteiger partial charge in [-0.15, -0.1) is 0 Å². The molecule has 2 aliphatic rings. The van der Waals surface area contributed by atoms with E-state index in [1.165, 1.54) is 0 Å². The Kier molecular flexibility index (Phi) is 6.06. The number of nitrogens with zero attached hydrogens (tertiary/aromatic N) is 1. The minimum absolute atomic E-state index is 0.0718. The maximum absolute atomic E-state index is 12.3. The minimum atomic E-state index is -0.160. The van der Waals surface area contributed by atoms with Crippen LogP contribution in [-0.4, -0.2) is 47.2 Å². The fourth-order valence-electron chi connectivity index (χ4n) is 3.96. The molecule has 1 aliphatic heterocycles. The second kappa shape index (κ2) is 7.59. The predicted molar refractivity (Wildman–Crippen MR) is 85.0 cm³/mol. The molecule has 2 fully saturated rings. The minimum Gasteiger partial charge on any atom is -0.393 e. The van der Waals surface area contributed by atoms with E-state index < -0.39 is 0 Å². The predicted octanol–water partition coefficient (Wildman–Crippen LogP) is 2.16. The maximum Gasteiger partial charge on any atom is 0.237 e. The van der Waals surface area contributed by atoms with Crippen molar-refractivity contribution in [3.05, 3.63) is 0 Å². The monoisotopic (exact) mass is 296 g/mol. The molecule has 21 heavy (non-hydrogen) atoms. The van der Waals surface area contributed by atoms with Gasteiger partial charge in [-0.05, 0) is 51.5 Å². The Hall–Kier alpha value is -0.610. The number of carbonyl (C=O) groups excluding carboxylic acids is 1. The van der Waals surface area contributed by atoms with Gasteiger partial charge in [-0.2, -0.15) is 0 Å². The van der Waals surface area contributed by atoms with Gasteiger partial charge in [0.25, 0.3) is 0 Å². The molecule has 1 amide bonds. The zero-order chi connectivity index (χ0) is 15.4. The van der Waals surface area contributed by atoms with Crippen LogP contribution in [0, 0.1) is 11.8 Å². The summed E-state index contributed by atoms with van der Waals surface area (Å²) in [5.41, 5.74) is 0. The van der Waals surface area contributed by atoms with Crippen LogP contribution in [0.5, 0.6) is 0 Å². The van der Waals surface area contributed by atoms with Crippen LogP contribution in [0.1, 0.15) is 59.3 Å². The quantitative estimate of drug-likeness (QED) is 0.790. The molecule has 2 rings (SSSR count). The van der Waals surface area contributed by atoms with Gasteiger partial charge < -0.3 is 10.4 Å². The SMILES string of the molecule is CC(C)CCNC(=O)C(C)N1CCCC1C1CCCC1O. The number of hydrogen-bond acceptors (Lipinski definition) is 3. The highest BCUT2D eigenvalue weighted by Crippen LogP contribution is 2.36. The Morgan fingerprint density at radius 2 is 2.00 bits per heavy atom. The highest BCUT2D eigenvalue weighted by Gasteiger charge is 2.41. The molecule has 1 aliphatic carbocycles. The van der Waals surface area contributed by atoms with E-state index in [-0.39, 0.29) is 18.1 Å². The normalized spacial score (nSPS) is 31.8. The van der Waals surface area contributed by atoms with Gasteiger partial charge in [-0.1, -0.05) is 20.3 Å². The van der Waals surface area contributed by atoms with Crippen LogP contribution in [-0.2, 0) is 4.79 Å². The van der Waals surface area contributed by atoms with Crippen LogP contribution in [0.4, 0.5) is 0 Å². The van der Waals surface area contributed by atoms with Crippen molar-refractivity contribution in [1.82, 2.24) is 10.2 Å². The lowest BCUT2D eigenvalue weighted by Gasteiger charge is -2.34. The van der Waals surface area contributed by atoms with Gasteiger partial charge in [0.05, 0.1) is 12.1 Å². The average Bonchev–Trinajstić information content (AvgIpc) is 3.05. The molecule has 0 radical (unpaired) electrons. The largest absolute Gasteiger partial charge is 0.393 e. The summed E-state index contributed by atoms with van der Waals surface area (Å²) >= 11 is 0. The van der Waals surface area contributed by atoms with Crippen LogP contribution in [0.25, 0.3) is 0 Å². The van der Waals surface area contributed by atoms with Crippen LogP contribution in [0.3, 0.4) is 0 Å². The molecular weight excluding hydrogens is 264 g/mol. The lowest BCUT2D eigenvalue weighted by atomic mass is 9.93. The topological polar surface area (TPSA) is 52.6 Å². The van der Waals surface area contributed by atoms with Crippen LogP contribution in [0.15, 0.2) is 0 Å². The third-order valence-corrected chi connectivity index (χ3v) is 5.27. The van der Waals surface area contributed by atoms with Gasteiger partial charge in [0.1, 0.15) is 0 Å². The zero-order valence-electron chi connectivity index (χ0n) is 13.8. The maximum atomic E-state index is 12.3. The van der Waals surface area contributed by atoms with Crippen molar-refractivity contribution in [3.8, 4) is 0 Å². The molecular formula is C17H32N2O2. The Labute approximate surface area is 129 Å². The number of amides is 1. The first-order valence-electron chi connectivity index (χ1n) is 8.72. The van der Waals surface area contributed by atoms with Crippen molar-refractivity contribution in [2.45, 2.75) is 77.5 Å². The van der Waals surface area contributed by atoms with Crippen molar-refractivity contribution in [3.63, 3.8) is 0 Å². The second-order valence-electron chi connectivity index (χ2n) is 7.26. The van der Waals surface area contributed by atoms with Crippen LogP contribution in [0.2, 0.25) is 0 Å². The van der Waals surface area contributed by atoms with Crippen LogP contribution >= 0.6 is 0 Å². The Morgan fingerprint density at radius 3 is 2.62 bits per heavy atom. The molecule has 4 nitrogen and oxygen atoms in total. The summed E-state index contributed by atoms with van der Waals surface area (Å²) in [6.45, 7) is 8.13. The molecule has 4 atom stereocenters. The Morgan fingerprint density at radius 1 is 1.24 bits per heavy atom. The van der Waals surface area contributed by atoms with E-state index in [0.717, 1.165) is 51.6 Å². The Balaban J connectivity index is 1.88. The third kappa shape index (κ3) is 4.19. The molecule has 0 aromatic carbocycles. The molecule has 0 bridgehead atoms. The van der Waals surface area contributed by atoms with Gasteiger partial charge in [0, 0.05) is 18.5 Å². The standard InChI is InChI=1S/C17H32N2O2/c1-12(2)9-10-18-17(21)13(3)19-11-5-7-15(19)14-6-4-8-16(14)20/h12-16,20H,4-11H2,1-3H3,(H,18,21). The van der Waals surface area contributed by atoms with E-state index in [0.29, 0.717) is 17.9 Å². The fourth-order valence-corrected chi connectivity index (χ4v) is 3.96. The van der Waals surface area contributed by atoms with Gasteiger partial charge in [0.15, 0.2) is 0 Å². The number of aliphatic hydroxyl groups is 1. The molecule has 0 spiro atoms. The van der Waals surface area contributed by atoms with Crippen molar-refractivity contribution in [2.24, 2.45) is 11.8 Å². The smallest absolute Gasteiger partial charge is 0.237 e. The fraction of sp³-hybridized carbons (Fsp3) is 0.941. The summed E-state index contributed by atoms with van der Waals surface area (Å²) < 4.78 is 0. The van der Waals surface area contributed by atoms with Crippen molar-refractivity contribution < 1.29 is 9.90 Å². The molecule has 1 saturated heterocycles. The summed E-state index contributed by atoms with van der Waals surface area (Å²) in [5, 5.41) is 13.2. The molecule has 4 unspecified atom stereocenters. The first kappa shape index (κ1) is 16.8. The number of nitrogens with one attached hydrogen (secondary N) is 1. The Bertz CT molecular complexity index is 346. The van der Waals surface area contributed by atoms with E-state index in [1.807, 2.05) is 6.92 Å². The number of aliphatic hydroxyl groups excluding tert-OH is 1. The average molecular weight is 296 g/mol. The van der Waals surface area contributed by atoms with Crippen LogP contribution < -0.4 is 5.32 Å². The van der Waals surface area contributed by atoms with E-state index >= 15 is 0 Å². The van der Waals surface area contributed by atoms with Gasteiger partial charge in [-0.3, -0.25) is 9.69 Å². The number of carbonyl (C=O) groups is 1. The summed E-state index contributed by atoms with van der Waals surface area (Å²) in [6, 6.07) is 0.325. The highest BCUT2D eigenvalue weighted by atomic mass is 16.3. The summed E-state index contributed by atoms with van der Waals surface area (Å²) in [7, 11) is 0. The lowest BCUT2D eigenvalue weighted by Crippen LogP contribution is -2.50. The first-order chi connectivity index (χ1) is 10.0. The summed E-state index contributed by atoms with van der Waals surface area (Å²) in [6.07, 6.45) is 6.33. The van der Waals surface area contributed by atoms with E-state index in [1.54, 1.807) is 0 Å². The molecule has 1 saturated carbocycles. The summed E-state index contributed by atoms with van der Waals surface area (Å²) in [5.74, 6) is 1.14. The molecule has 2 N–H and O–H groups in total. The zero-order valence-corrected chi connectivity index (χ0v) is 13.8. The van der Waals surface area contributed by atoms with Crippen molar-refractivity contribution >= 4 is 5.91 Å². The molecule has 1 heterocycles. The lowest BCUT2D eigenvalue weighted by molar-refractivity contribution is -0.126. The van der Waals surface area contributed by atoms with E-state index in [9.17, 15) is 9.90 Å². The highest BCUT2D eigenvalue weighted by molar-refractivity contribution is 5.81. The molecule has 0 aromatic heterocycles. The number of likely N-dealkylation sites (tertiary alicyclic amines) is 1. The van der Waals surface area contributed by atoms with Crippen molar-refractivity contribution in [2.75, 3.05) is 13.1 Å². The summed E-state index contributed by atoms with van der Waals surface area (Å²) in [4.78, 5) is 14.7. The third-order valence-electron chi connectivity index (χ3n) is 5.27. The number of hydrogen-bond donors (Lipinski definition) is 2. The van der Waals surface area contributed by atoms with E-state index in [2.05, 4.69) is 24.1 Å². The van der Waals surface area contributed by atoms with Crippen molar-refractivity contribution in [1.29, 1.82) is 0 Å². The van der Waals surface area contributed by atoms with E-state index in [4.69, 9.17) is 0 Å². The molecule has 0 aromatic rings. The first-order valence-corrected chi connectivity index (χ1v) is 8.72. The van der Waals surface area contributed by atoms with Gasteiger partial charge in [-0.25, -0.2) is 0 Å². The number of rotatable bonds is 6. The molecule has 122 valence electrons.